The molecule has 4 atom stereocenters. The second-order valence-electron chi connectivity index (χ2n) is 12.8. The highest BCUT2D eigenvalue weighted by Gasteiger charge is 2.44. The van der Waals surface area contributed by atoms with Gasteiger partial charge in [0.1, 0.15) is 6.10 Å². The average molecular weight is 518 g/mol. The van der Waals surface area contributed by atoms with Crippen LogP contribution in [0.15, 0.2) is 66.0 Å². The Labute approximate surface area is 224 Å². The number of Topliss-reactive ketones (excluding diaryl/α,β-unsaturated/α-hetero) is 1. The van der Waals surface area contributed by atoms with Crippen LogP contribution in [0.5, 0.6) is 0 Å². The lowest BCUT2D eigenvalue weighted by molar-refractivity contribution is -0.116. The van der Waals surface area contributed by atoms with Gasteiger partial charge in [-0.3, -0.25) is 9.69 Å². The maximum atomic E-state index is 14.0. The molecule has 2 aliphatic rings. The Morgan fingerprint density at radius 3 is 2.27 bits per heavy atom. The Morgan fingerprint density at radius 2 is 1.65 bits per heavy atom. The lowest BCUT2D eigenvalue weighted by Gasteiger charge is -2.45. The molecule has 1 aliphatic carbocycles. The number of benzene rings is 2. The summed E-state index contributed by atoms with van der Waals surface area (Å²) in [5.41, 5.74) is 3.28. The second-order valence-corrected chi connectivity index (χ2v) is 17.8. The zero-order valence-electron chi connectivity index (χ0n) is 23.6. The SMILES string of the molecule is Cc1ccc([C@@H]2CC(=O)C([Si](C)(C)C)=CN2C(=O)O[C@@H]2C[C@H](C)CC[C@H]2C(C)(C)c2ccccc2)cc1. The van der Waals surface area contributed by atoms with E-state index in [0.717, 1.165) is 35.6 Å². The summed E-state index contributed by atoms with van der Waals surface area (Å²) in [4.78, 5) is 28.9. The van der Waals surface area contributed by atoms with Crippen LogP contribution in [0.25, 0.3) is 0 Å². The van der Waals surface area contributed by atoms with Crippen LogP contribution in [0, 0.1) is 18.8 Å². The van der Waals surface area contributed by atoms with Crippen LogP contribution in [-0.2, 0) is 14.9 Å². The van der Waals surface area contributed by atoms with Crippen LogP contribution in [-0.4, -0.2) is 31.0 Å². The molecule has 0 aromatic heterocycles. The van der Waals surface area contributed by atoms with Crippen molar-refractivity contribution in [2.24, 2.45) is 11.8 Å². The minimum Gasteiger partial charge on any atom is -0.446 e. The zero-order valence-corrected chi connectivity index (χ0v) is 24.6. The minimum atomic E-state index is -1.94. The molecule has 198 valence electrons. The summed E-state index contributed by atoms with van der Waals surface area (Å²) in [6.07, 6.45) is 4.64. The monoisotopic (exact) mass is 517 g/mol. The summed E-state index contributed by atoms with van der Waals surface area (Å²) in [6.45, 7) is 15.3. The van der Waals surface area contributed by atoms with E-state index in [2.05, 4.69) is 64.7 Å². The highest BCUT2D eigenvalue weighted by Crippen LogP contribution is 2.44. The summed E-state index contributed by atoms with van der Waals surface area (Å²) in [7, 11) is -1.94. The molecule has 0 N–H and O–H groups in total. The highest BCUT2D eigenvalue weighted by atomic mass is 28.3. The second kappa shape index (κ2) is 10.6. The standard InChI is InChI=1S/C32H43NO3Si/c1-22-13-16-24(17-14-22)27-20-28(34)30(37(5,6)7)21-33(27)31(35)36-29-19-23(2)15-18-26(29)32(3,4)25-11-9-8-10-12-25/h8-14,16-17,21,23,26-27,29H,15,18-20H2,1-7H3/t23-,26-,27+,29-/m1/s1. The molecule has 2 aromatic rings. The molecule has 1 aliphatic heterocycles. The molecular formula is C32H43NO3Si. The number of hydrogen-bond donors (Lipinski definition) is 0. The molecule has 0 saturated heterocycles. The molecule has 0 unspecified atom stereocenters. The van der Waals surface area contributed by atoms with Gasteiger partial charge in [-0.05, 0) is 47.4 Å². The lowest BCUT2D eigenvalue weighted by Crippen LogP contribution is -2.47. The van der Waals surface area contributed by atoms with Gasteiger partial charge in [-0.25, -0.2) is 4.79 Å². The summed E-state index contributed by atoms with van der Waals surface area (Å²) < 4.78 is 6.44. The van der Waals surface area contributed by atoms with Crippen molar-refractivity contribution in [3.63, 3.8) is 0 Å². The van der Waals surface area contributed by atoms with Crippen molar-refractivity contribution >= 4 is 20.0 Å². The fourth-order valence-electron chi connectivity index (χ4n) is 6.10. The molecule has 4 nitrogen and oxygen atoms in total. The molecule has 5 heteroatoms. The largest absolute Gasteiger partial charge is 0.446 e. The van der Waals surface area contributed by atoms with Crippen LogP contribution < -0.4 is 0 Å². The number of ether oxygens (including phenoxy) is 1. The van der Waals surface area contributed by atoms with Crippen LogP contribution in [0.4, 0.5) is 4.79 Å². The van der Waals surface area contributed by atoms with Gasteiger partial charge in [-0.2, -0.15) is 0 Å². The van der Waals surface area contributed by atoms with E-state index in [9.17, 15) is 9.59 Å². The molecule has 1 heterocycles. The van der Waals surface area contributed by atoms with E-state index in [0.29, 0.717) is 12.3 Å². The maximum Gasteiger partial charge on any atom is 0.414 e. The molecule has 1 amide bonds. The van der Waals surface area contributed by atoms with Gasteiger partial charge in [-0.15, -0.1) is 0 Å². The van der Waals surface area contributed by atoms with Gasteiger partial charge < -0.3 is 4.74 Å². The van der Waals surface area contributed by atoms with E-state index >= 15 is 0 Å². The predicted octanol–water partition coefficient (Wildman–Crippen LogP) is 7.99. The molecule has 2 aromatic carbocycles. The molecule has 4 rings (SSSR count). The Bertz CT molecular complexity index is 1150. The van der Waals surface area contributed by atoms with Crippen LogP contribution >= 0.6 is 0 Å². The maximum absolute atomic E-state index is 14.0. The molecule has 1 saturated carbocycles. The van der Waals surface area contributed by atoms with E-state index in [1.807, 2.05) is 43.5 Å². The van der Waals surface area contributed by atoms with Gasteiger partial charge >= 0.3 is 6.09 Å². The third-order valence-electron chi connectivity index (χ3n) is 8.51. The first-order valence-electron chi connectivity index (χ1n) is 13.7. The Hall–Kier alpha value is -2.66. The minimum absolute atomic E-state index is 0.125. The van der Waals surface area contributed by atoms with Gasteiger partial charge in [-0.1, -0.05) is 107 Å². The Morgan fingerprint density at radius 1 is 1.00 bits per heavy atom. The number of aryl methyl sites for hydroxylation is 1. The van der Waals surface area contributed by atoms with Crippen molar-refractivity contribution in [1.82, 2.24) is 4.90 Å². The summed E-state index contributed by atoms with van der Waals surface area (Å²) >= 11 is 0. The van der Waals surface area contributed by atoms with Gasteiger partial charge in [0, 0.05) is 18.5 Å². The van der Waals surface area contributed by atoms with E-state index in [4.69, 9.17) is 4.74 Å². The van der Waals surface area contributed by atoms with Gasteiger partial charge in [0.25, 0.3) is 0 Å². The molecular weight excluding hydrogens is 474 g/mol. The number of carbonyl (C=O) groups is 2. The van der Waals surface area contributed by atoms with Crippen molar-refractivity contribution in [2.75, 3.05) is 0 Å². The normalized spacial score (nSPS) is 25.0. The van der Waals surface area contributed by atoms with E-state index in [1.54, 1.807) is 4.90 Å². The van der Waals surface area contributed by atoms with Crippen molar-refractivity contribution in [3.05, 3.63) is 82.7 Å². The van der Waals surface area contributed by atoms with Crippen molar-refractivity contribution in [2.45, 2.75) is 90.6 Å². The van der Waals surface area contributed by atoms with Crippen LogP contribution in [0.2, 0.25) is 19.6 Å². The Kier molecular flexibility index (Phi) is 7.84. The Balaban J connectivity index is 1.67. The van der Waals surface area contributed by atoms with Gasteiger partial charge in [0.05, 0.1) is 14.1 Å². The smallest absolute Gasteiger partial charge is 0.414 e. The first kappa shape index (κ1) is 27.4. The van der Waals surface area contributed by atoms with E-state index < -0.39 is 8.07 Å². The van der Waals surface area contributed by atoms with Crippen LogP contribution in [0.3, 0.4) is 0 Å². The fourth-order valence-corrected chi connectivity index (χ4v) is 7.57. The third-order valence-corrected chi connectivity index (χ3v) is 10.5. The predicted molar refractivity (Wildman–Crippen MR) is 153 cm³/mol. The lowest BCUT2D eigenvalue weighted by atomic mass is 9.64. The molecule has 37 heavy (non-hydrogen) atoms. The fraction of sp³-hybridized carbons (Fsp3) is 0.500. The quantitative estimate of drug-likeness (QED) is 0.378. The summed E-state index contributed by atoms with van der Waals surface area (Å²) in [5, 5.41) is 0.811. The van der Waals surface area contributed by atoms with E-state index in [1.165, 1.54) is 5.56 Å². The van der Waals surface area contributed by atoms with Gasteiger partial charge in [0.2, 0.25) is 0 Å². The van der Waals surface area contributed by atoms with E-state index in [-0.39, 0.29) is 35.4 Å². The number of rotatable bonds is 5. The number of carbonyl (C=O) groups excluding carboxylic acids is 2. The molecule has 0 bridgehead atoms. The van der Waals surface area contributed by atoms with Crippen molar-refractivity contribution in [1.29, 1.82) is 0 Å². The summed E-state index contributed by atoms with van der Waals surface area (Å²) in [5.74, 6) is 0.882. The first-order valence-corrected chi connectivity index (χ1v) is 17.2. The van der Waals surface area contributed by atoms with Crippen LogP contribution in [0.1, 0.15) is 69.2 Å². The summed E-state index contributed by atoms with van der Waals surface area (Å²) in [6, 6.07) is 18.4. The first-order chi connectivity index (χ1) is 17.4. The van der Waals surface area contributed by atoms with Crippen molar-refractivity contribution in [3.8, 4) is 0 Å². The number of amides is 1. The molecule has 1 fully saturated rings. The number of hydrogen-bond acceptors (Lipinski definition) is 3. The van der Waals surface area contributed by atoms with Crippen molar-refractivity contribution < 1.29 is 14.3 Å². The molecule has 0 spiro atoms. The average Bonchev–Trinajstić information content (AvgIpc) is 2.84. The third kappa shape index (κ3) is 5.92. The zero-order chi connectivity index (χ0) is 27.0. The number of ketones is 1. The number of nitrogens with zero attached hydrogens (tertiary/aromatic N) is 1. The highest BCUT2D eigenvalue weighted by molar-refractivity contribution is 6.87. The van der Waals surface area contributed by atoms with Gasteiger partial charge in [0.15, 0.2) is 5.78 Å². The topological polar surface area (TPSA) is 46.6 Å². The number of allylic oxidation sites excluding steroid dienone is 1. The molecule has 0 radical (unpaired) electrons.